The molecule has 1 fully saturated rings. The van der Waals surface area contributed by atoms with Crippen molar-refractivity contribution in [3.63, 3.8) is 0 Å². The van der Waals surface area contributed by atoms with Gasteiger partial charge in [0.15, 0.2) is 0 Å². The Bertz CT molecular complexity index is 698. The number of halogens is 1. The summed E-state index contributed by atoms with van der Waals surface area (Å²) >= 11 is 1.22. The number of aryl methyl sites for hydroxylation is 1. The van der Waals surface area contributed by atoms with E-state index in [4.69, 9.17) is 4.74 Å². The molecule has 1 aromatic heterocycles. The number of nitrogens with zero attached hydrogens (tertiary/aromatic N) is 1. The van der Waals surface area contributed by atoms with E-state index < -0.39 is 5.82 Å². The van der Waals surface area contributed by atoms with Crippen LogP contribution in [0.15, 0.2) is 23.6 Å². The van der Waals surface area contributed by atoms with Crippen LogP contribution in [-0.4, -0.2) is 29.5 Å². The first-order chi connectivity index (χ1) is 11.1. The lowest BCUT2D eigenvalue weighted by atomic mass is 10.2. The summed E-state index contributed by atoms with van der Waals surface area (Å²) in [5, 5.41) is 7.42. The molecular formula is C16H18FN3O2S. The topological polar surface area (TPSA) is 63.2 Å². The maximum absolute atomic E-state index is 14.1. The van der Waals surface area contributed by atoms with Crippen molar-refractivity contribution in [3.8, 4) is 0 Å². The summed E-state index contributed by atoms with van der Waals surface area (Å²) in [5.74, 6) is -0.684. The molecule has 1 aliphatic rings. The third-order valence-electron chi connectivity index (χ3n) is 3.77. The minimum Gasteiger partial charge on any atom is -0.380 e. The van der Waals surface area contributed by atoms with Gasteiger partial charge in [-0.05, 0) is 49.5 Å². The number of carbonyl (C=O) groups excluding carboxylic acids is 1. The quantitative estimate of drug-likeness (QED) is 0.879. The Morgan fingerprint density at radius 2 is 2.39 bits per heavy atom. The van der Waals surface area contributed by atoms with Crippen molar-refractivity contribution in [1.82, 2.24) is 4.37 Å². The molecule has 0 radical (unpaired) electrons. The van der Waals surface area contributed by atoms with Gasteiger partial charge in [0.05, 0.1) is 23.0 Å². The number of hydrogen-bond acceptors (Lipinski definition) is 5. The number of benzene rings is 1. The monoisotopic (exact) mass is 335 g/mol. The molecule has 5 nitrogen and oxygen atoms in total. The van der Waals surface area contributed by atoms with Gasteiger partial charge in [-0.25, -0.2) is 4.39 Å². The molecule has 1 atom stereocenters. The lowest BCUT2D eigenvalue weighted by Gasteiger charge is -2.13. The van der Waals surface area contributed by atoms with Gasteiger partial charge in [0.2, 0.25) is 0 Å². The molecule has 1 aromatic carbocycles. The average molecular weight is 335 g/mol. The highest BCUT2D eigenvalue weighted by Crippen LogP contribution is 2.21. The molecular weight excluding hydrogens is 317 g/mol. The standard InChI is InChI=1S/C16H18FN3O2S/c1-10-13(9-23-20-10)16(21)19-11-4-5-15(14(17)7-11)18-8-12-3-2-6-22-12/h4-5,7,9,12,18H,2-3,6,8H2,1H3,(H,19,21). The second-order valence-electron chi connectivity index (χ2n) is 5.48. The largest absolute Gasteiger partial charge is 0.380 e. The molecule has 1 amide bonds. The number of rotatable bonds is 5. The van der Waals surface area contributed by atoms with Crippen molar-refractivity contribution < 1.29 is 13.9 Å². The smallest absolute Gasteiger partial charge is 0.258 e. The average Bonchev–Trinajstić information content (AvgIpc) is 3.17. The first-order valence-corrected chi connectivity index (χ1v) is 8.34. The van der Waals surface area contributed by atoms with Crippen LogP contribution in [0, 0.1) is 12.7 Å². The Kier molecular flexibility index (Phi) is 4.88. The van der Waals surface area contributed by atoms with Crippen molar-refractivity contribution in [2.45, 2.75) is 25.9 Å². The van der Waals surface area contributed by atoms with Gasteiger partial charge in [-0.15, -0.1) is 0 Å². The van der Waals surface area contributed by atoms with E-state index >= 15 is 0 Å². The van der Waals surface area contributed by atoms with Crippen LogP contribution in [0.2, 0.25) is 0 Å². The Hall–Kier alpha value is -1.99. The van der Waals surface area contributed by atoms with Gasteiger partial charge < -0.3 is 15.4 Å². The molecule has 3 rings (SSSR count). The van der Waals surface area contributed by atoms with E-state index in [1.165, 1.54) is 17.6 Å². The van der Waals surface area contributed by atoms with Crippen LogP contribution >= 0.6 is 11.5 Å². The molecule has 2 heterocycles. The Morgan fingerprint density at radius 3 is 3.04 bits per heavy atom. The first-order valence-electron chi connectivity index (χ1n) is 7.51. The van der Waals surface area contributed by atoms with Crippen molar-refractivity contribution >= 4 is 28.8 Å². The summed E-state index contributed by atoms with van der Waals surface area (Å²) < 4.78 is 23.7. The lowest BCUT2D eigenvalue weighted by Crippen LogP contribution is -2.19. The van der Waals surface area contributed by atoms with Gasteiger partial charge in [0.25, 0.3) is 5.91 Å². The van der Waals surface area contributed by atoms with E-state index in [0.29, 0.717) is 29.2 Å². The Morgan fingerprint density at radius 1 is 1.52 bits per heavy atom. The number of nitrogens with one attached hydrogen (secondary N) is 2. The molecule has 0 saturated carbocycles. The van der Waals surface area contributed by atoms with Gasteiger partial charge in [-0.3, -0.25) is 4.79 Å². The number of amides is 1. The van der Waals surface area contributed by atoms with Gasteiger partial charge in [0, 0.05) is 24.2 Å². The summed E-state index contributed by atoms with van der Waals surface area (Å²) in [6, 6.07) is 4.61. The normalized spacial score (nSPS) is 17.2. The summed E-state index contributed by atoms with van der Waals surface area (Å²) in [6.45, 7) is 3.13. The van der Waals surface area contributed by atoms with E-state index in [0.717, 1.165) is 19.4 Å². The number of aromatic nitrogens is 1. The summed E-state index contributed by atoms with van der Waals surface area (Å²) in [6.07, 6.45) is 2.19. The maximum Gasteiger partial charge on any atom is 0.258 e. The molecule has 0 aliphatic carbocycles. The fraction of sp³-hybridized carbons (Fsp3) is 0.375. The van der Waals surface area contributed by atoms with Crippen LogP contribution in [0.3, 0.4) is 0 Å². The van der Waals surface area contributed by atoms with E-state index in [1.54, 1.807) is 24.4 Å². The highest BCUT2D eigenvalue weighted by Gasteiger charge is 2.16. The van der Waals surface area contributed by atoms with E-state index in [-0.39, 0.29) is 12.0 Å². The van der Waals surface area contributed by atoms with E-state index in [1.807, 2.05) is 0 Å². The second-order valence-corrected chi connectivity index (χ2v) is 6.11. The SMILES string of the molecule is Cc1nscc1C(=O)Nc1ccc(NCC2CCCO2)c(F)c1. The number of hydrogen-bond donors (Lipinski definition) is 2. The van der Waals surface area contributed by atoms with E-state index in [9.17, 15) is 9.18 Å². The second kappa shape index (κ2) is 7.06. The molecule has 2 N–H and O–H groups in total. The van der Waals surface area contributed by atoms with Gasteiger partial charge in [-0.2, -0.15) is 4.37 Å². The highest BCUT2D eigenvalue weighted by molar-refractivity contribution is 7.04. The first kappa shape index (κ1) is 15.9. The predicted octanol–water partition coefficient (Wildman–Crippen LogP) is 3.43. The van der Waals surface area contributed by atoms with Crippen LogP contribution in [0.4, 0.5) is 15.8 Å². The van der Waals surface area contributed by atoms with Crippen LogP contribution in [-0.2, 0) is 4.74 Å². The molecule has 1 saturated heterocycles. The maximum atomic E-state index is 14.1. The van der Waals surface area contributed by atoms with Gasteiger partial charge >= 0.3 is 0 Å². The van der Waals surface area contributed by atoms with Crippen molar-refractivity contribution in [1.29, 1.82) is 0 Å². The molecule has 0 spiro atoms. The molecule has 7 heteroatoms. The minimum atomic E-state index is -0.402. The predicted molar refractivity (Wildman–Crippen MR) is 88.7 cm³/mol. The van der Waals surface area contributed by atoms with Crippen molar-refractivity contribution in [2.24, 2.45) is 0 Å². The molecule has 0 bridgehead atoms. The van der Waals surface area contributed by atoms with Crippen molar-refractivity contribution in [3.05, 3.63) is 40.7 Å². The summed E-state index contributed by atoms with van der Waals surface area (Å²) in [7, 11) is 0. The van der Waals surface area contributed by atoms with E-state index in [2.05, 4.69) is 15.0 Å². The van der Waals surface area contributed by atoms with Gasteiger partial charge in [-0.1, -0.05) is 0 Å². The third kappa shape index (κ3) is 3.86. The zero-order chi connectivity index (χ0) is 16.2. The van der Waals surface area contributed by atoms with Crippen LogP contribution in [0.5, 0.6) is 0 Å². The Balaban J connectivity index is 1.62. The molecule has 1 unspecified atom stereocenters. The number of ether oxygens (including phenoxy) is 1. The number of anilines is 2. The minimum absolute atomic E-state index is 0.142. The zero-order valence-electron chi connectivity index (χ0n) is 12.8. The van der Waals surface area contributed by atoms with Gasteiger partial charge in [0.1, 0.15) is 5.82 Å². The van der Waals surface area contributed by atoms with Crippen molar-refractivity contribution in [2.75, 3.05) is 23.8 Å². The third-order valence-corrected chi connectivity index (χ3v) is 4.49. The summed E-state index contributed by atoms with van der Waals surface area (Å²) in [5.41, 5.74) is 2.01. The zero-order valence-corrected chi connectivity index (χ0v) is 13.6. The lowest BCUT2D eigenvalue weighted by molar-refractivity contribution is 0.102. The van der Waals surface area contributed by atoms with Crippen LogP contribution < -0.4 is 10.6 Å². The highest BCUT2D eigenvalue weighted by atomic mass is 32.1. The molecule has 1 aliphatic heterocycles. The van der Waals surface area contributed by atoms with Crippen LogP contribution in [0.25, 0.3) is 0 Å². The molecule has 2 aromatic rings. The Labute approximate surface area is 138 Å². The fourth-order valence-electron chi connectivity index (χ4n) is 2.47. The fourth-order valence-corrected chi connectivity index (χ4v) is 3.17. The number of carbonyl (C=O) groups is 1. The summed E-state index contributed by atoms with van der Waals surface area (Å²) in [4.78, 5) is 12.1. The molecule has 23 heavy (non-hydrogen) atoms. The molecule has 122 valence electrons. The van der Waals surface area contributed by atoms with Crippen LogP contribution in [0.1, 0.15) is 28.9 Å².